The average molecular weight is 260 g/mol. The predicted molar refractivity (Wildman–Crippen MR) is 69.3 cm³/mol. The van der Waals surface area contributed by atoms with E-state index in [0.29, 0.717) is 12.4 Å². The molecule has 0 bridgehead atoms. The topological polar surface area (TPSA) is 61.9 Å². The van der Waals surface area contributed by atoms with E-state index < -0.39 is 0 Å². The Bertz CT molecular complexity index is 627. The van der Waals surface area contributed by atoms with Crippen molar-refractivity contribution in [3.8, 4) is 5.88 Å². The molecule has 0 amide bonds. The van der Waals surface area contributed by atoms with Crippen molar-refractivity contribution in [2.24, 2.45) is 0 Å². The monoisotopic (exact) mass is 260 g/mol. The van der Waals surface area contributed by atoms with Gasteiger partial charge in [-0.15, -0.1) is 0 Å². The third-order valence-corrected chi connectivity index (χ3v) is 3.37. The lowest BCUT2D eigenvalue weighted by atomic mass is 10.2. The van der Waals surface area contributed by atoms with Crippen molar-refractivity contribution in [1.29, 1.82) is 0 Å². The van der Waals surface area contributed by atoms with E-state index in [4.69, 9.17) is 4.74 Å². The zero-order valence-electron chi connectivity index (χ0n) is 10.9. The van der Waals surface area contributed by atoms with Gasteiger partial charge in [-0.25, -0.2) is 14.5 Å². The molecule has 0 atom stereocenters. The lowest BCUT2D eigenvalue weighted by Gasteiger charge is -2.09. The zero-order chi connectivity index (χ0) is 13.2. The average Bonchev–Trinajstić information content (AvgIpc) is 2.77. The highest BCUT2D eigenvalue weighted by molar-refractivity contribution is 5.17. The third-order valence-electron chi connectivity index (χ3n) is 3.37. The van der Waals surface area contributed by atoms with Crippen LogP contribution in [0.25, 0.3) is 0 Å². The van der Waals surface area contributed by atoms with Crippen LogP contribution in [-0.2, 0) is 19.5 Å². The zero-order valence-corrected chi connectivity index (χ0v) is 10.9. The normalized spacial score (nSPS) is 14.2. The minimum atomic E-state index is -0.0227. The molecule has 0 unspecified atom stereocenters. The molecule has 19 heavy (non-hydrogen) atoms. The number of aromatic nitrogens is 4. The second-order valence-corrected chi connectivity index (χ2v) is 4.67. The Labute approximate surface area is 110 Å². The Morgan fingerprint density at radius 1 is 1.37 bits per heavy atom. The first-order valence-electron chi connectivity index (χ1n) is 6.43. The first-order chi connectivity index (χ1) is 9.28. The van der Waals surface area contributed by atoms with Gasteiger partial charge in [0.25, 0.3) is 0 Å². The molecule has 1 aliphatic heterocycles. The van der Waals surface area contributed by atoms with Crippen LogP contribution in [0, 0.1) is 0 Å². The van der Waals surface area contributed by atoms with Gasteiger partial charge in [0.2, 0.25) is 5.88 Å². The van der Waals surface area contributed by atoms with Gasteiger partial charge in [-0.1, -0.05) is 6.07 Å². The molecule has 0 saturated heterocycles. The number of nitrogens with zero attached hydrogens (tertiary/aromatic N) is 4. The van der Waals surface area contributed by atoms with Gasteiger partial charge in [-0.05, 0) is 18.4 Å². The quantitative estimate of drug-likeness (QED) is 0.820. The number of hydrogen-bond acceptors (Lipinski definition) is 4. The highest BCUT2D eigenvalue weighted by Crippen LogP contribution is 2.11. The third kappa shape index (κ3) is 2.25. The molecule has 2 aromatic rings. The van der Waals surface area contributed by atoms with Gasteiger partial charge in [-0.3, -0.25) is 4.57 Å². The molecule has 0 N–H and O–H groups in total. The number of methoxy groups -OCH3 is 1. The Morgan fingerprint density at radius 2 is 2.26 bits per heavy atom. The summed E-state index contributed by atoms with van der Waals surface area (Å²) in [4.78, 5) is 16.3. The van der Waals surface area contributed by atoms with Crippen molar-refractivity contribution in [3.05, 3.63) is 40.2 Å². The molecule has 0 spiro atoms. The van der Waals surface area contributed by atoms with Crippen molar-refractivity contribution >= 4 is 0 Å². The lowest BCUT2D eigenvalue weighted by Crippen LogP contribution is -2.27. The smallest absolute Gasteiger partial charge is 0.346 e. The van der Waals surface area contributed by atoms with E-state index in [9.17, 15) is 4.79 Å². The van der Waals surface area contributed by atoms with E-state index in [0.717, 1.165) is 37.2 Å². The molecular weight excluding hydrogens is 244 g/mol. The molecular formula is C13H16N4O2. The van der Waals surface area contributed by atoms with Gasteiger partial charge in [0.15, 0.2) is 0 Å². The van der Waals surface area contributed by atoms with Gasteiger partial charge in [-0.2, -0.15) is 5.10 Å². The van der Waals surface area contributed by atoms with E-state index in [1.54, 1.807) is 23.9 Å². The highest BCUT2D eigenvalue weighted by atomic mass is 16.5. The molecule has 0 saturated carbocycles. The SMILES string of the molecule is COc1ccc(Cn2nc3n(c2=O)CCCC3)cn1. The fraction of sp³-hybridized carbons (Fsp3) is 0.462. The summed E-state index contributed by atoms with van der Waals surface area (Å²) in [7, 11) is 1.58. The van der Waals surface area contributed by atoms with E-state index in [1.807, 2.05) is 6.07 Å². The van der Waals surface area contributed by atoms with Crippen LogP contribution in [0.4, 0.5) is 0 Å². The summed E-state index contributed by atoms with van der Waals surface area (Å²) in [6.45, 7) is 1.24. The standard InChI is InChI=1S/C13H16N4O2/c1-19-12-6-5-10(8-14-12)9-17-13(18)16-7-3-2-4-11(16)15-17/h5-6,8H,2-4,7,9H2,1H3. The summed E-state index contributed by atoms with van der Waals surface area (Å²) in [5.74, 6) is 1.47. The van der Waals surface area contributed by atoms with E-state index in [-0.39, 0.29) is 5.69 Å². The molecule has 6 nitrogen and oxygen atoms in total. The Balaban J connectivity index is 1.86. The molecule has 3 heterocycles. The van der Waals surface area contributed by atoms with Crippen LogP contribution in [0.3, 0.4) is 0 Å². The van der Waals surface area contributed by atoms with Crippen molar-refractivity contribution < 1.29 is 4.74 Å². The number of pyridine rings is 1. The van der Waals surface area contributed by atoms with Crippen molar-refractivity contribution in [3.63, 3.8) is 0 Å². The summed E-state index contributed by atoms with van der Waals surface area (Å²) >= 11 is 0. The minimum Gasteiger partial charge on any atom is -0.481 e. The summed E-state index contributed by atoms with van der Waals surface area (Å²) in [5.41, 5.74) is 0.920. The summed E-state index contributed by atoms with van der Waals surface area (Å²) in [6, 6.07) is 3.69. The van der Waals surface area contributed by atoms with Gasteiger partial charge >= 0.3 is 5.69 Å². The molecule has 0 aromatic carbocycles. The Hall–Kier alpha value is -2.11. The molecule has 0 fully saturated rings. The van der Waals surface area contributed by atoms with Crippen LogP contribution in [0.5, 0.6) is 5.88 Å². The molecule has 3 rings (SSSR count). The first kappa shape index (κ1) is 12.0. The van der Waals surface area contributed by atoms with Gasteiger partial charge in [0.05, 0.1) is 13.7 Å². The second-order valence-electron chi connectivity index (χ2n) is 4.67. The largest absolute Gasteiger partial charge is 0.481 e. The van der Waals surface area contributed by atoms with Crippen LogP contribution in [0.1, 0.15) is 24.2 Å². The van der Waals surface area contributed by atoms with Crippen LogP contribution >= 0.6 is 0 Å². The molecule has 0 radical (unpaired) electrons. The minimum absolute atomic E-state index is 0.0227. The van der Waals surface area contributed by atoms with E-state index in [1.165, 1.54) is 4.68 Å². The molecule has 2 aromatic heterocycles. The maximum atomic E-state index is 12.2. The summed E-state index contributed by atoms with van der Waals surface area (Å²) < 4.78 is 8.31. The van der Waals surface area contributed by atoms with Crippen LogP contribution in [0.15, 0.2) is 23.1 Å². The van der Waals surface area contributed by atoms with Gasteiger partial charge < -0.3 is 4.74 Å². The Morgan fingerprint density at radius 3 is 2.95 bits per heavy atom. The maximum Gasteiger partial charge on any atom is 0.346 e. The number of rotatable bonds is 3. The van der Waals surface area contributed by atoms with Crippen LogP contribution in [0.2, 0.25) is 0 Å². The molecule has 6 heteroatoms. The number of aryl methyl sites for hydroxylation is 1. The molecule has 0 aliphatic carbocycles. The predicted octanol–water partition coefficient (Wildman–Crippen LogP) is 0.833. The van der Waals surface area contributed by atoms with E-state index in [2.05, 4.69) is 10.1 Å². The number of fused-ring (bicyclic) bond motifs is 1. The summed E-state index contributed by atoms with van der Waals surface area (Å²) in [5, 5.41) is 4.40. The van der Waals surface area contributed by atoms with E-state index >= 15 is 0 Å². The van der Waals surface area contributed by atoms with Crippen LogP contribution < -0.4 is 10.4 Å². The fourth-order valence-electron chi connectivity index (χ4n) is 2.35. The second kappa shape index (κ2) is 4.87. The first-order valence-corrected chi connectivity index (χ1v) is 6.43. The number of hydrogen-bond donors (Lipinski definition) is 0. The van der Waals surface area contributed by atoms with Crippen LogP contribution in [-0.4, -0.2) is 26.4 Å². The van der Waals surface area contributed by atoms with Crippen molar-refractivity contribution in [1.82, 2.24) is 19.3 Å². The number of ether oxygens (including phenoxy) is 1. The highest BCUT2D eigenvalue weighted by Gasteiger charge is 2.16. The molecule has 1 aliphatic rings. The molecule has 100 valence electrons. The fourth-order valence-corrected chi connectivity index (χ4v) is 2.35. The lowest BCUT2D eigenvalue weighted by molar-refractivity contribution is 0.397. The van der Waals surface area contributed by atoms with Crippen molar-refractivity contribution in [2.75, 3.05) is 7.11 Å². The van der Waals surface area contributed by atoms with Crippen molar-refractivity contribution in [2.45, 2.75) is 32.4 Å². The Kier molecular flexibility index (Phi) is 3.06. The van der Waals surface area contributed by atoms with Gasteiger partial charge in [0, 0.05) is 25.2 Å². The summed E-state index contributed by atoms with van der Waals surface area (Å²) in [6.07, 6.45) is 4.77. The van der Waals surface area contributed by atoms with Gasteiger partial charge in [0.1, 0.15) is 5.82 Å². The maximum absolute atomic E-state index is 12.2.